The normalized spacial score (nSPS) is 26.8. The fraction of sp³-hybridized carbons (Fsp3) is 0.588. The van der Waals surface area contributed by atoms with E-state index in [0.717, 1.165) is 0 Å². The molecule has 9 heteroatoms. The van der Waals surface area contributed by atoms with E-state index < -0.39 is 24.0 Å². The third-order valence-corrected chi connectivity index (χ3v) is 5.81. The topological polar surface area (TPSA) is 92.1 Å². The van der Waals surface area contributed by atoms with Gasteiger partial charge in [-0.15, -0.1) is 0 Å². The fourth-order valence-electron chi connectivity index (χ4n) is 4.18. The number of pyridine rings is 1. The summed E-state index contributed by atoms with van der Waals surface area (Å²) < 4.78 is 6.97. The zero-order chi connectivity index (χ0) is 19.2. The monoisotopic (exact) mass is 427 g/mol. The number of esters is 1. The molecule has 3 heterocycles. The Bertz CT molecular complexity index is 793. The molecule has 0 bridgehead atoms. The number of hydrogen-bond acceptors (Lipinski definition) is 6. The Labute approximate surface area is 159 Å². The molecule has 3 rings (SSSR count). The Hall–Kier alpha value is -1.71. The number of amides is 1. The van der Waals surface area contributed by atoms with Crippen molar-refractivity contribution in [3.8, 4) is 0 Å². The molecule has 0 spiro atoms. The van der Waals surface area contributed by atoms with Gasteiger partial charge in [-0.1, -0.05) is 0 Å². The highest BCUT2D eigenvalue weighted by Gasteiger charge is 2.57. The molecule has 1 saturated heterocycles. The van der Waals surface area contributed by atoms with E-state index in [1.165, 1.54) is 12.0 Å². The molecule has 142 valence electrons. The number of carbonyl (C=O) groups excluding carboxylic acids is 2. The molecule has 26 heavy (non-hydrogen) atoms. The Morgan fingerprint density at radius 3 is 2.65 bits per heavy atom. The highest BCUT2D eigenvalue weighted by atomic mass is 79.9. The zero-order valence-corrected chi connectivity index (χ0v) is 16.5. The molecule has 0 unspecified atom stereocenters. The van der Waals surface area contributed by atoms with Crippen LogP contribution in [0, 0.1) is 11.8 Å². The molecule has 4 atom stereocenters. The SMILES string of the molecule is COC(=O)[C@@H]1[C@@H](CO)[C@@H]2Cn3c(ccc(Br)c3=O)[C@@H]2N1C(=O)CN(C)C. The molecule has 0 radical (unpaired) electrons. The molecular formula is C17H22BrN3O5. The second kappa shape index (κ2) is 7.13. The average Bonchev–Trinajstić information content (AvgIpc) is 3.11. The molecule has 0 aliphatic carbocycles. The van der Waals surface area contributed by atoms with E-state index in [1.807, 2.05) is 0 Å². The van der Waals surface area contributed by atoms with Gasteiger partial charge >= 0.3 is 5.97 Å². The molecule has 0 saturated carbocycles. The van der Waals surface area contributed by atoms with Crippen molar-refractivity contribution in [1.82, 2.24) is 14.4 Å². The summed E-state index contributed by atoms with van der Waals surface area (Å²) >= 11 is 3.24. The number of ether oxygens (including phenoxy) is 1. The van der Waals surface area contributed by atoms with Crippen LogP contribution < -0.4 is 5.56 Å². The van der Waals surface area contributed by atoms with E-state index in [9.17, 15) is 19.5 Å². The van der Waals surface area contributed by atoms with Crippen LogP contribution in [-0.4, -0.2) is 71.7 Å². The van der Waals surface area contributed by atoms with E-state index in [0.29, 0.717) is 16.7 Å². The van der Waals surface area contributed by atoms with Crippen molar-refractivity contribution < 1.29 is 19.4 Å². The lowest BCUT2D eigenvalue weighted by Gasteiger charge is -2.30. The van der Waals surface area contributed by atoms with E-state index in [2.05, 4.69) is 15.9 Å². The summed E-state index contributed by atoms with van der Waals surface area (Å²) in [7, 11) is 4.81. The van der Waals surface area contributed by atoms with Crippen LogP contribution in [0.25, 0.3) is 0 Å². The number of aliphatic hydroxyl groups is 1. The highest BCUT2D eigenvalue weighted by Crippen LogP contribution is 2.49. The number of halogens is 1. The van der Waals surface area contributed by atoms with Crippen LogP contribution in [0.2, 0.25) is 0 Å². The van der Waals surface area contributed by atoms with Gasteiger partial charge in [0.05, 0.1) is 24.2 Å². The smallest absolute Gasteiger partial charge is 0.328 e. The predicted molar refractivity (Wildman–Crippen MR) is 96.4 cm³/mol. The van der Waals surface area contributed by atoms with Gasteiger partial charge in [-0.25, -0.2) is 4.79 Å². The summed E-state index contributed by atoms with van der Waals surface area (Å²) in [6.07, 6.45) is 0. The third kappa shape index (κ3) is 2.87. The standard InChI is InChI=1S/C17H22BrN3O5/c1-19(2)7-13(23)21-14-9(10(8-22)15(21)17(25)26-3)6-20-12(14)5-4-11(18)16(20)24/h4-5,9-10,14-15,22H,6-8H2,1-3H3/t9-,10-,14+,15-/m0/s1. The lowest BCUT2D eigenvalue weighted by Crippen LogP contribution is -2.48. The maximum absolute atomic E-state index is 13.0. The number of methoxy groups -OCH3 is 1. The van der Waals surface area contributed by atoms with Crippen LogP contribution in [0.1, 0.15) is 11.7 Å². The van der Waals surface area contributed by atoms with Crippen LogP contribution >= 0.6 is 15.9 Å². The zero-order valence-electron chi connectivity index (χ0n) is 14.9. The number of rotatable bonds is 4. The molecule has 1 aromatic heterocycles. The number of aliphatic hydroxyl groups excluding tert-OH is 1. The highest BCUT2D eigenvalue weighted by molar-refractivity contribution is 9.10. The Balaban J connectivity index is 2.12. The number of aromatic nitrogens is 1. The largest absolute Gasteiger partial charge is 0.467 e. The Morgan fingerprint density at radius 2 is 2.08 bits per heavy atom. The summed E-state index contributed by atoms with van der Waals surface area (Å²) in [5, 5.41) is 9.96. The predicted octanol–water partition coefficient (Wildman–Crippen LogP) is -0.164. The number of likely N-dealkylation sites (N-methyl/N-ethyl adjacent to an activating group) is 1. The number of carbonyl (C=O) groups is 2. The minimum Gasteiger partial charge on any atom is -0.467 e. The maximum Gasteiger partial charge on any atom is 0.328 e. The first-order valence-corrected chi connectivity index (χ1v) is 9.15. The van der Waals surface area contributed by atoms with Crippen molar-refractivity contribution in [2.45, 2.75) is 18.6 Å². The van der Waals surface area contributed by atoms with Crippen LogP contribution in [0.4, 0.5) is 0 Å². The Morgan fingerprint density at radius 1 is 1.38 bits per heavy atom. The van der Waals surface area contributed by atoms with Crippen molar-refractivity contribution in [1.29, 1.82) is 0 Å². The lowest BCUT2D eigenvalue weighted by molar-refractivity contribution is -0.154. The van der Waals surface area contributed by atoms with Gasteiger partial charge in [0, 0.05) is 30.7 Å². The third-order valence-electron chi connectivity index (χ3n) is 5.21. The van der Waals surface area contributed by atoms with E-state index in [1.54, 1.807) is 35.7 Å². The maximum atomic E-state index is 13.0. The lowest BCUT2D eigenvalue weighted by atomic mass is 9.88. The second-order valence-corrected chi connectivity index (χ2v) is 7.84. The quantitative estimate of drug-likeness (QED) is 0.670. The summed E-state index contributed by atoms with van der Waals surface area (Å²) in [5.74, 6) is -1.49. The number of fused-ring (bicyclic) bond motifs is 3. The van der Waals surface area contributed by atoms with Crippen molar-refractivity contribution in [2.24, 2.45) is 11.8 Å². The van der Waals surface area contributed by atoms with Crippen molar-refractivity contribution in [3.05, 3.63) is 32.7 Å². The van der Waals surface area contributed by atoms with Gasteiger partial charge in [-0.3, -0.25) is 9.59 Å². The second-order valence-electron chi connectivity index (χ2n) is 6.98. The minimum absolute atomic E-state index is 0.121. The molecular weight excluding hydrogens is 406 g/mol. The first-order valence-electron chi connectivity index (χ1n) is 8.35. The van der Waals surface area contributed by atoms with Crippen LogP contribution in [0.15, 0.2) is 21.4 Å². The first kappa shape index (κ1) is 19.1. The summed E-state index contributed by atoms with van der Waals surface area (Å²) in [6, 6.07) is 2.15. The van der Waals surface area contributed by atoms with Gasteiger partial charge in [0.15, 0.2) is 0 Å². The van der Waals surface area contributed by atoms with Crippen molar-refractivity contribution >= 4 is 27.8 Å². The summed E-state index contributed by atoms with van der Waals surface area (Å²) in [5.41, 5.74) is 0.503. The van der Waals surface area contributed by atoms with E-state index >= 15 is 0 Å². The molecule has 1 amide bonds. The van der Waals surface area contributed by atoms with Gasteiger partial charge < -0.3 is 24.2 Å². The van der Waals surface area contributed by atoms with Crippen LogP contribution in [0.3, 0.4) is 0 Å². The van der Waals surface area contributed by atoms with E-state index in [4.69, 9.17) is 4.74 Å². The van der Waals surface area contributed by atoms with E-state index in [-0.39, 0.29) is 30.5 Å². The van der Waals surface area contributed by atoms with Gasteiger partial charge in [0.1, 0.15) is 6.04 Å². The molecule has 1 fully saturated rings. The summed E-state index contributed by atoms with van der Waals surface area (Å²) in [4.78, 5) is 41.1. The fourth-order valence-corrected chi connectivity index (χ4v) is 4.53. The van der Waals surface area contributed by atoms with Crippen LogP contribution in [-0.2, 0) is 20.9 Å². The number of nitrogens with zero attached hydrogens (tertiary/aromatic N) is 3. The van der Waals surface area contributed by atoms with Gasteiger partial charge in [-0.2, -0.15) is 0 Å². The Kier molecular flexibility index (Phi) is 5.23. The molecule has 1 N–H and O–H groups in total. The number of hydrogen-bond donors (Lipinski definition) is 1. The molecule has 8 nitrogen and oxygen atoms in total. The molecule has 2 aliphatic heterocycles. The minimum atomic E-state index is -0.861. The summed E-state index contributed by atoms with van der Waals surface area (Å²) in [6.45, 7) is 0.203. The van der Waals surface area contributed by atoms with Gasteiger partial charge in [0.2, 0.25) is 5.91 Å². The van der Waals surface area contributed by atoms with Gasteiger partial charge in [-0.05, 0) is 42.2 Å². The molecule has 0 aromatic carbocycles. The number of likely N-dealkylation sites (tertiary alicyclic amines) is 1. The van der Waals surface area contributed by atoms with Crippen molar-refractivity contribution in [3.63, 3.8) is 0 Å². The first-order chi connectivity index (χ1) is 12.3. The van der Waals surface area contributed by atoms with Crippen molar-refractivity contribution in [2.75, 3.05) is 34.4 Å². The molecule has 1 aromatic rings. The average molecular weight is 428 g/mol. The molecule has 2 aliphatic rings. The van der Waals surface area contributed by atoms with Gasteiger partial charge in [0.25, 0.3) is 5.56 Å². The van der Waals surface area contributed by atoms with Crippen LogP contribution in [0.5, 0.6) is 0 Å².